The topological polar surface area (TPSA) is 44.8 Å². The SMILES string of the molecule is C=C(C)C(=O)OCCC(CCCCCCCC)C(C)(OC)OC. The molecule has 0 saturated heterocycles. The Bertz CT molecular complexity index is 334. The zero-order valence-corrected chi connectivity index (χ0v) is 15.8. The second-order valence-corrected chi connectivity index (χ2v) is 6.38. The van der Waals surface area contributed by atoms with E-state index in [1.54, 1.807) is 21.1 Å². The van der Waals surface area contributed by atoms with Gasteiger partial charge >= 0.3 is 5.97 Å². The molecule has 0 aromatic heterocycles. The highest BCUT2D eigenvalue weighted by Gasteiger charge is 2.33. The summed E-state index contributed by atoms with van der Waals surface area (Å²) in [6.45, 7) is 9.80. The summed E-state index contributed by atoms with van der Waals surface area (Å²) in [6, 6.07) is 0. The number of methoxy groups -OCH3 is 2. The number of rotatable bonds is 14. The van der Waals surface area contributed by atoms with Gasteiger partial charge in [0.25, 0.3) is 0 Å². The molecule has 0 spiro atoms. The average molecular weight is 328 g/mol. The highest BCUT2D eigenvalue weighted by atomic mass is 16.7. The lowest BCUT2D eigenvalue weighted by Gasteiger charge is -2.35. The molecule has 0 fully saturated rings. The quantitative estimate of drug-likeness (QED) is 0.197. The molecule has 1 atom stereocenters. The van der Waals surface area contributed by atoms with Crippen molar-refractivity contribution in [3.63, 3.8) is 0 Å². The normalized spacial score (nSPS) is 12.9. The molecule has 0 aliphatic carbocycles. The van der Waals surface area contributed by atoms with E-state index in [1.807, 2.05) is 6.92 Å². The summed E-state index contributed by atoms with van der Waals surface area (Å²) in [7, 11) is 3.33. The molecule has 0 aromatic rings. The molecule has 0 radical (unpaired) electrons. The van der Waals surface area contributed by atoms with Gasteiger partial charge in [-0.1, -0.05) is 52.0 Å². The molecule has 0 aliphatic heterocycles. The molecule has 0 aromatic carbocycles. The number of esters is 1. The van der Waals surface area contributed by atoms with Crippen molar-refractivity contribution in [3.8, 4) is 0 Å². The third kappa shape index (κ3) is 9.11. The number of unbranched alkanes of at least 4 members (excludes halogenated alkanes) is 5. The molecule has 4 nitrogen and oxygen atoms in total. The molecular weight excluding hydrogens is 292 g/mol. The van der Waals surface area contributed by atoms with Crippen LogP contribution >= 0.6 is 0 Å². The fourth-order valence-corrected chi connectivity index (χ4v) is 2.67. The maximum atomic E-state index is 11.5. The fourth-order valence-electron chi connectivity index (χ4n) is 2.67. The zero-order chi connectivity index (χ0) is 17.7. The van der Waals surface area contributed by atoms with Crippen LogP contribution in [0.25, 0.3) is 0 Å². The number of hydrogen-bond donors (Lipinski definition) is 0. The van der Waals surface area contributed by atoms with E-state index in [0.29, 0.717) is 12.2 Å². The van der Waals surface area contributed by atoms with Crippen LogP contribution in [-0.2, 0) is 19.0 Å². The summed E-state index contributed by atoms with van der Waals surface area (Å²) in [5.74, 6) is -0.777. The molecule has 0 bridgehead atoms. The molecule has 23 heavy (non-hydrogen) atoms. The van der Waals surface area contributed by atoms with E-state index in [2.05, 4.69) is 13.5 Å². The van der Waals surface area contributed by atoms with Crippen molar-refractivity contribution in [2.45, 2.75) is 77.9 Å². The van der Waals surface area contributed by atoms with Gasteiger partial charge in [0.2, 0.25) is 0 Å². The van der Waals surface area contributed by atoms with E-state index in [4.69, 9.17) is 14.2 Å². The van der Waals surface area contributed by atoms with Crippen LogP contribution in [0.3, 0.4) is 0 Å². The Morgan fingerprint density at radius 2 is 1.61 bits per heavy atom. The number of carbonyl (C=O) groups is 1. The van der Waals surface area contributed by atoms with Crippen molar-refractivity contribution in [1.29, 1.82) is 0 Å². The summed E-state index contributed by atoms with van der Waals surface area (Å²) in [4.78, 5) is 11.5. The lowest BCUT2D eigenvalue weighted by atomic mass is 9.90. The Hall–Kier alpha value is -0.870. The van der Waals surface area contributed by atoms with Crippen molar-refractivity contribution in [3.05, 3.63) is 12.2 Å². The smallest absolute Gasteiger partial charge is 0.333 e. The zero-order valence-electron chi connectivity index (χ0n) is 15.8. The second-order valence-electron chi connectivity index (χ2n) is 6.38. The van der Waals surface area contributed by atoms with Gasteiger partial charge in [0.1, 0.15) is 0 Å². The first-order chi connectivity index (χ1) is 10.9. The summed E-state index contributed by atoms with van der Waals surface area (Å²) in [5.41, 5.74) is 0.429. The summed E-state index contributed by atoms with van der Waals surface area (Å²) < 4.78 is 16.4. The lowest BCUT2D eigenvalue weighted by molar-refractivity contribution is -0.231. The van der Waals surface area contributed by atoms with Crippen molar-refractivity contribution in [2.75, 3.05) is 20.8 Å². The molecule has 0 saturated carbocycles. The standard InChI is InChI=1S/C19H36O4/c1-7-8-9-10-11-12-13-17(19(4,21-5)22-6)14-15-23-18(20)16(2)3/h17H,2,7-15H2,1,3-6H3. The molecular formula is C19H36O4. The maximum absolute atomic E-state index is 11.5. The molecule has 0 heterocycles. The Kier molecular flexibility index (Phi) is 12.1. The molecule has 0 rings (SSSR count). The summed E-state index contributed by atoms with van der Waals surface area (Å²) in [5, 5.41) is 0. The largest absolute Gasteiger partial charge is 0.462 e. The Labute approximate surface area is 142 Å². The minimum absolute atomic E-state index is 0.196. The first-order valence-electron chi connectivity index (χ1n) is 8.84. The van der Waals surface area contributed by atoms with Crippen LogP contribution in [0.5, 0.6) is 0 Å². The Balaban J connectivity index is 4.35. The highest BCUT2D eigenvalue weighted by molar-refractivity contribution is 5.86. The molecule has 136 valence electrons. The summed E-state index contributed by atoms with van der Waals surface area (Å²) >= 11 is 0. The van der Waals surface area contributed by atoms with Gasteiger partial charge in [0.05, 0.1) is 6.61 Å². The number of hydrogen-bond acceptors (Lipinski definition) is 4. The summed E-state index contributed by atoms with van der Waals surface area (Å²) in [6.07, 6.45) is 9.28. The van der Waals surface area contributed by atoms with E-state index in [-0.39, 0.29) is 11.9 Å². The van der Waals surface area contributed by atoms with E-state index < -0.39 is 5.79 Å². The van der Waals surface area contributed by atoms with Crippen molar-refractivity contribution < 1.29 is 19.0 Å². The van der Waals surface area contributed by atoms with Crippen molar-refractivity contribution >= 4 is 5.97 Å². The Morgan fingerprint density at radius 1 is 1.04 bits per heavy atom. The first-order valence-corrected chi connectivity index (χ1v) is 8.84. The third-order valence-corrected chi connectivity index (χ3v) is 4.51. The van der Waals surface area contributed by atoms with E-state index in [9.17, 15) is 4.79 Å². The van der Waals surface area contributed by atoms with Crippen molar-refractivity contribution in [2.24, 2.45) is 5.92 Å². The monoisotopic (exact) mass is 328 g/mol. The third-order valence-electron chi connectivity index (χ3n) is 4.51. The number of ether oxygens (including phenoxy) is 3. The predicted octanol–water partition coefficient (Wildman–Crippen LogP) is 4.87. The first kappa shape index (κ1) is 22.1. The van der Waals surface area contributed by atoms with Gasteiger partial charge in [-0.3, -0.25) is 0 Å². The van der Waals surface area contributed by atoms with Crippen LogP contribution < -0.4 is 0 Å². The minimum atomic E-state index is -0.640. The highest BCUT2D eigenvalue weighted by Crippen LogP contribution is 2.30. The van der Waals surface area contributed by atoms with Crippen LogP contribution in [0.4, 0.5) is 0 Å². The molecule has 1 unspecified atom stereocenters. The van der Waals surface area contributed by atoms with Gasteiger partial charge in [-0.2, -0.15) is 0 Å². The van der Waals surface area contributed by atoms with E-state index >= 15 is 0 Å². The van der Waals surface area contributed by atoms with Crippen LogP contribution in [0.15, 0.2) is 12.2 Å². The number of carbonyl (C=O) groups excluding carboxylic acids is 1. The predicted molar refractivity (Wildman–Crippen MR) is 94.3 cm³/mol. The Morgan fingerprint density at radius 3 is 2.13 bits per heavy atom. The van der Waals surface area contributed by atoms with Crippen molar-refractivity contribution in [1.82, 2.24) is 0 Å². The van der Waals surface area contributed by atoms with Gasteiger partial charge < -0.3 is 14.2 Å². The molecule has 0 aliphatic rings. The van der Waals surface area contributed by atoms with Gasteiger partial charge in [-0.05, 0) is 26.7 Å². The maximum Gasteiger partial charge on any atom is 0.333 e. The molecule has 4 heteroatoms. The van der Waals surface area contributed by atoms with Gasteiger partial charge in [-0.15, -0.1) is 0 Å². The van der Waals surface area contributed by atoms with E-state index in [0.717, 1.165) is 19.3 Å². The van der Waals surface area contributed by atoms with Crippen LogP contribution in [0.2, 0.25) is 0 Å². The van der Waals surface area contributed by atoms with Gasteiger partial charge in [0.15, 0.2) is 5.79 Å². The van der Waals surface area contributed by atoms with Crippen LogP contribution in [0.1, 0.15) is 72.1 Å². The fraction of sp³-hybridized carbons (Fsp3) is 0.842. The van der Waals surface area contributed by atoms with E-state index in [1.165, 1.54) is 32.1 Å². The lowest BCUT2D eigenvalue weighted by Crippen LogP contribution is -2.39. The van der Waals surface area contributed by atoms with Crippen LogP contribution in [0, 0.1) is 5.92 Å². The minimum Gasteiger partial charge on any atom is -0.462 e. The van der Waals surface area contributed by atoms with Crippen LogP contribution in [-0.4, -0.2) is 32.6 Å². The molecule has 0 N–H and O–H groups in total. The van der Waals surface area contributed by atoms with Gasteiger partial charge in [0, 0.05) is 25.7 Å². The molecule has 0 amide bonds. The average Bonchev–Trinajstić information content (AvgIpc) is 2.55. The second kappa shape index (κ2) is 12.5. The van der Waals surface area contributed by atoms with Gasteiger partial charge in [-0.25, -0.2) is 4.79 Å².